The van der Waals surface area contributed by atoms with E-state index in [4.69, 9.17) is 0 Å². The second-order valence-corrected chi connectivity index (χ2v) is 4.54. The number of benzene rings is 2. The van der Waals surface area contributed by atoms with E-state index in [0.717, 1.165) is 33.4 Å². The van der Waals surface area contributed by atoms with Crippen molar-refractivity contribution in [2.75, 3.05) is 12.4 Å². The number of anilines is 1. The van der Waals surface area contributed by atoms with Gasteiger partial charge in [0.1, 0.15) is 5.82 Å². The zero-order chi connectivity index (χ0) is 13.4. The first-order valence-corrected chi connectivity index (χ1v) is 6.11. The number of aryl methyl sites for hydroxylation is 1. The normalized spacial score (nSPS) is 10.9. The maximum atomic E-state index is 13.2. The summed E-state index contributed by atoms with van der Waals surface area (Å²) in [6, 6.07) is 10.9. The number of nitrogens with zero attached hydrogens (tertiary/aromatic N) is 1. The molecule has 0 radical (unpaired) electrons. The molecule has 0 saturated carbocycles. The Balaban J connectivity index is 2.19. The molecule has 0 amide bonds. The molecule has 4 heteroatoms. The van der Waals surface area contributed by atoms with Gasteiger partial charge >= 0.3 is 0 Å². The van der Waals surface area contributed by atoms with Crippen LogP contribution in [0.4, 0.5) is 10.2 Å². The third kappa shape index (κ3) is 1.95. The third-order valence-corrected chi connectivity index (χ3v) is 3.30. The fraction of sp³-hybridized carbons (Fsp3) is 0.133. The van der Waals surface area contributed by atoms with Crippen LogP contribution in [-0.2, 0) is 0 Å². The zero-order valence-electron chi connectivity index (χ0n) is 10.8. The molecule has 0 aliphatic carbocycles. The van der Waals surface area contributed by atoms with Crippen LogP contribution in [0.15, 0.2) is 36.4 Å². The summed E-state index contributed by atoms with van der Waals surface area (Å²) in [5, 5.41) is 11.2. The Hall–Kier alpha value is -2.36. The molecule has 1 heterocycles. The van der Waals surface area contributed by atoms with Gasteiger partial charge in [-0.05, 0) is 47.9 Å². The molecule has 0 aliphatic rings. The minimum atomic E-state index is -0.207. The average Bonchev–Trinajstić information content (AvgIpc) is 2.80. The molecule has 19 heavy (non-hydrogen) atoms. The maximum absolute atomic E-state index is 13.2. The molecule has 0 saturated heterocycles. The highest BCUT2D eigenvalue weighted by molar-refractivity contribution is 5.93. The Bertz CT molecular complexity index is 746. The molecule has 0 bridgehead atoms. The minimum Gasteiger partial charge on any atom is -0.371 e. The zero-order valence-corrected chi connectivity index (χ0v) is 10.8. The van der Waals surface area contributed by atoms with E-state index < -0.39 is 0 Å². The molecule has 0 fully saturated rings. The fourth-order valence-electron chi connectivity index (χ4n) is 2.32. The molecular weight excluding hydrogens is 241 g/mol. The van der Waals surface area contributed by atoms with Crippen LogP contribution >= 0.6 is 0 Å². The molecule has 1 aromatic heterocycles. The van der Waals surface area contributed by atoms with Crippen molar-refractivity contribution < 1.29 is 4.39 Å². The van der Waals surface area contributed by atoms with Crippen molar-refractivity contribution in [1.29, 1.82) is 0 Å². The van der Waals surface area contributed by atoms with Gasteiger partial charge in [-0.15, -0.1) is 0 Å². The Morgan fingerprint density at radius 3 is 2.74 bits per heavy atom. The molecule has 3 nitrogen and oxygen atoms in total. The quantitative estimate of drug-likeness (QED) is 0.732. The van der Waals surface area contributed by atoms with E-state index in [-0.39, 0.29) is 5.82 Å². The van der Waals surface area contributed by atoms with Crippen LogP contribution < -0.4 is 5.32 Å². The summed E-state index contributed by atoms with van der Waals surface area (Å²) >= 11 is 0. The van der Waals surface area contributed by atoms with Gasteiger partial charge in [0.05, 0.1) is 5.52 Å². The van der Waals surface area contributed by atoms with Gasteiger partial charge in [0, 0.05) is 12.4 Å². The highest BCUT2D eigenvalue weighted by Crippen LogP contribution is 2.29. The first-order chi connectivity index (χ1) is 9.19. The van der Waals surface area contributed by atoms with E-state index in [9.17, 15) is 4.39 Å². The fourth-order valence-corrected chi connectivity index (χ4v) is 2.32. The second kappa shape index (κ2) is 4.39. The molecule has 0 spiro atoms. The van der Waals surface area contributed by atoms with E-state index in [1.54, 1.807) is 6.07 Å². The van der Waals surface area contributed by atoms with Gasteiger partial charge in [-0.2, -0.15) is 5.10 Å². The number of aromatic amines is 1. The number of hydrogen-bond acceptors (Lipinski definition) is 2. The van der Waals surface area contributed by atoms with Crippen molar-refractivity contribution in [2.24, 2.45) is 0 Å². The number of nitrogens with one attached hydrogen (secondary N) is 2. The lowest BCUT2D eigenvalue weighted by atomic mass is 9.99. The van der Waals surface area contributed by atoms with Crippen LogP contribution in [-0.4, -0.2) is 17.2 Å². The van der Waals surface area contributed by atoms with Gasteiger partial charge in [-0.1, -0.05) is 12.1 Å². The molecule has 3 aromatic rings. The van der Waals surface area contributed by atoms with Crippen molar-refractivity contribution >= 4 is 16.7 Å². The lowest BCUT2D eigenvalue weighted by Crippen LogP contribution is -1.88. The SMILES string of the molecule is CNc1n[nH]c2ccc(-c3ccc(F)cc3C)cc12. The van der Waals surface area contributed by atoms with Crippen molar-refractivity contribution in [3.8, 4) is 11.1 Å². The van der Waals surface area contributed by atoms with Crippen LogP contribution in [0.5, 0.6) is 0 Å². The molecule has 0 unspecified atom stereocenters. The molecule has 0 aliphatic heterocycles. The van der Waals surface area contributed by atoms with E-state index in [1.807, 2.05) is 32.2 Å². The van der Waals surface area contributed by atoms with Crippen molar-refractivity contribution in [3.63, 3.8) is 0 Å². The van der Waals surface area contributed by atoms with Crippen LogP contribution in [0.25, 0.3) is 22.0 Å². The highest BCUT2D eigenvalue weighted by atomic mass is 19.1. The minimum absolute atomic E-state index is 0.207. The predicted octanol–water partition coefficient (Wildman–Crippen LogP) is 3.72. The summed E-state index contributed by atoms with van der Waals surface area (Å²) in [4.78, 5) is 0. The Morgan fingerprint density at radius 2 is 2.00 bits per heavy atom. The number of halogens is 1. The molecule has 2 N–H and O–H groups in total. The van der Waals surface area contributed by atoms with Crippen LogP contribution in [0.1, 0.15) is 5.56 Å². The van der Waals surface area contributed by atoms with E-state index in [0.29, 0.717) is 0 Å². The van der Waals surface area contributed by atoms with Gasteiger partial charge in [0.2, 0.25) is 0 Å². The van der Waals surface area contributed by atoms with E-state index >= 15 is 0 Å². The summed E-state index contributed by atoms with van der Waals surface area (Å²) < 4.78 is 13.2. The Morgan fingerprint density at radius 1 is 1.16 bits per heavy atom. The van der Waals surface area contributed by atoms with E-state index in [2.05, 4.69) is 21.6 Å². The standard InChI is InChI=1S/C15H14FN3/c1-9-7-11(16)4-5-12(9)10-3-6-14-13(8-10)15(17-2)19-18-14/h3-8H,1-2H3,(H2,17,18,19). The second-order valence-electron chi connectivity index (χ2n) is 4.54. The monoisotopic (exact) mass is 255 g/mol. The summed E-state index contributed by atoms with van der Waals surface area (Å²) in [5.74, 6) is 0.609. The summed E-state index contributed by atoms with van der Waals surface area (Å²) in [5.41, 5.74) is 4.00. The summed E-state index contributed by atoms with van der Waals surface area (Å²) in [6.07, 6.45) is 0. The summed E-state index contributed by atoms with van der Waals surface area (Å²) in [6.45, 7) is 1.91. The van der Waals surface area contributed by atoms with Crippen LogP contribution in [0.3, 0.4) is 0 Å². The van der Waals surface area contributed by atoms with Crippen molar-refractivity contribution in [3.05, 3.63) is 47.8 Å². The summed E-state index contributed by atoms with van der Waals surface area (Å²) in [7, 11) is 1.84. The first kappa shape index (κ1) is 11.7. The smallest absolute Gasteiger partial charge is 0.155 e. The number of hydrogen-bond donors (Lipinski definition) is 2. The van der Waals surface area contributed by atoms with Crippen molar-refractivity contribution in [1.82, 2.24) is 10.2 Å². The van der Waals surface area contributed by atoms with Gasteiger partial charge < -0.3 is 5.32 Å². The largest absolute Gasteiger partial charge is 0.371 e. The van der Waals surface area contributed by atoms with Gasteiger partial charge in [0.25, 0.3) is 0 Å². The number of rotatable bonds is 2. The lowest BCUT2D eigenvalue weighted by molar-refractivity contribution is 0.627. The topological polar surface area (TPSA) is 40.7 Å². The Kier molecular flexibility index (Phi) is 2.71. The van der Waals surface area contributed by atoms with Gasteiger partial charge in [0.15, 0.2) is 5.82 Å². The molecular formula is C15H14FN3. The van der Waals surface area contributed by atoms with Crippen LogP contribution in [0, 0.1) is 12.7 Å². The predicted molar refractivity (Wildman–Crippen MR) is 75.8 cm³/mol. The Labute approximate surface area is 110 Å². The lowest BCUT2D eigenvalue weighted by Gasteiger charge is -2.06. The maximum Gasteiger partial charge on any atom is 0.155 e. The number of H-pyrrole nitrogens is 1. The van der Waals surface area contributed by atoms with Crippen LogP contribution in [0.2, 0.25) is 0 Å². The first-order valence-electron chi connectivity index (χ1n) is 6.11. The molecule has 3 rings (SSSR count). The average molecular weight is 255 g/mol. The molecule has 2 aromatic carbocycles. The third-order valence-electron chi connectivity index (χ3n) is 3.30. The van der Waals surface area contributed by atoms with Gasteiger partial charge in [-0.3, -0.25) is 5.10 Å². The highest BCUT2D eigenvalue weighted by Gasteiger charge is 2.08. The van der Waals surface area contributed by atoms with Crippen molar-refractivity contribution in [2.45, 2.75) is 6.92 Å². The van der Waals surface area contributed by atoms with Gasteiger partial charge in [-0.25, -0.2) is 4.39 Å². The van der Waals surface area contributed by atoms with E-state index in [1.165, 1.54) is 6.07 Å². The molecule has 96 valence electrons. The number of aromatic nitrogens is 2. The number of fused-ring (bicyclic) bond motifs is 1. The molecule has 0 atom stereocenters.